The van der Waals surface area contributed by atoms with Crippen molar-refractivity contribution in [2.75, 3.05) is 4.72 Å². The van der Waals surface area contributed by atoms with Crippen LogP contribution in [0.3, 0.4) is 0 Å². The van der Waals surface area contributed by atoms with Gasteiger partial charge in [-0.25, -0.2) is 0 Å². The minimum atomic E-state index is -5.63. The molecule has 0 heterocycles. The third-order valence-corrected chi connectivity index (χ3v) is 5.68. The van der Waals surface area contributed by atoms with E-state index in [2.05, 4.69) is 5.16 Å². The molecule has 0 saturated heterocycles. The Labute approximate surface area is 188 Å². The predicted molar refractivity (Wildman–Crippen MR) is 118 cm³/mol. The summed E-state index contributed by atoms with van der Waals surface area (Å²) in [7, 11) is -5.63. The smallest absolute Gasteiger partial charge is 0.390 e. The number of alkyl halides is 3. The Morgan fingerprint density at radius 3 is 2.31 bits per heavy atom. The number of benzene rings is 3. The van der Waals surface area contributed by atoms with Gasteiger partial charge >= 0.3 is 15.5 Å². The SMILES string of the molecule is Cc1ccc(NS(=O)(=O)C(F)(F)F)c(/C(=N/OCc2ccc(Cl)cc2)c2ccccc2)c1. The summed E-state index contributed by atoms with van der Waals surface area (Å²) in [5.74, 6) is 0. The molecule has 0 saturated carbocycles. The summed E-state index contributed by atoms with van der Waals surface area (Å²) in [6, 6.07) is 19.7. The van der Waals surface area contributed by atoms with E-state index < -0.39 is 15.5 Å². The molecule has 0 aromatic heterocycles. The molecular weight excluding hydrogens is 465 g/mol. The molecule has 0 amide bonds. The lowest BCUT2D eigenvalue weighted by Crippen LogP contribution is -2.30. The van der Waals surface area contributed by atoms with Crippen LogP contribution in [0.15, 0.2) is 78.0 Å². The minimum absolute atomic E-state index is 0.0724. The number of sulfonamides is 1. The molecular formula is C22H18ClF3N2O3S. The first-order valence-electron chi connectivity index (χ1n) is 9.27. The zero-order valence-electron chi connectivity index (χ0n) is 16.7. The third kappa shape index (κ3) is 5.80. The van der Waals surface area contributed by atoms with Crippen molar-refractivity contribution >= 4 is 33.0 Å². The maximum Gasteiger partial charge on any atom is 0.516 e. The van der Waals surface area contributed by atoms with E-state index in [9.17, 15) is 21.6 Å². The number of aryl methyl sites for hydroxylation is 1. The molecule has 0 aliphatic carbocycles. The average Bonchev–Trinajstić information content (AvgIpc) is 2.74. The Balaban J connectivity index is 2.03. The molecule has 3 aromatic carbocycles. The van der Waals surface area contributed by atoms with E-state index in [1.807, 2.05) is 0 Å². The molecule has 0 radical (unpaired) electrons. The zero-order chi connectivity index (χ0) is 23.4. The molecule has 5 nitrogen and oxygen atoms in total. The first kappa shape index (κ1) is 23.6. The highest BCUT2D eigenvalue weighted by atomic mass is 35.5. The number of nitrogens with zero attached hydrogens (tertiary/aromatic N) is 1. The molecule has 0 aliphatic heterocycles. The highest BCUT2D eigenvalue weighted by molar-refractivity contribution is 7.93. The van der Waals surface area contributed by atoms with Crippen molar-refractivity contribution in [2.45, 2.75) is 19.0 Å². The van der Waals surface area contributed by atoms with E-state index in [1.54, 1.807) is 66.2 Å². The molecule has 3 aromatic rings. The largest absolute Gasteiger partial charge is 0.516 e. The number of hydrogen-bond acceptors (Lipinski definition) is 4. The molecule has 10 heteroatoms. The van der Waals surface area contributed by atoms with Gasteiger partial charge in [0.25, 0.3) is 0 Å². The van der Waals surface area contributed by atoms with Crippen LogP contribution in [0.2, 0.25) is 5.02 Å². The first-order chi connectivity index (χ1) is 15.1. The van der Waals surface area contributed by atoms with Crippen molar-refractivity contribution in [3.05, 3.63) is 100 Å². The predicted octanol–water partition coefficient (Wildman–Crippen LogP) is 5.88. The molecule has 1 N–H and O–H groups in total. The van der Waals surface area contributed by atoms with Gasteiger partial charge in [-0.3, -0.25) is 4.72 Å². The van der Waals surface area contributed by atoms with Crippen LogP contribution in [-0.2, 0) is 21.5 Å². The van der Waals surface area contributed by atoms with Gasteiger partial charge in [0, 0.05) is 16.1 Å². The highest BCUT2D eigenvalue weighted by Gasteiger charge is 2.46. The number of nitrogens with one attached hydrogen (secondary N) is 1. The van der Waals surface area contributed by atoms with Gasteiger partial charge in [-0.15, -0.1) is 0 Å². The maximum absolute atomic E-state index is 13.0. The van der Waals surface area contributed by atoms with Crippen LogP contribution in [0.5, 0.6) is 0 Å². The fraction of sp³-hybridized carbons (Fsp3) is 0.136. The van der Waals surface area contributed by atoms with Crippen LogP contribution < -0.4 is 4.72 Å². The van der Waals surface area contributed by atoms with Crippen molar-refractivity contribution in [2.24, 2.45) is 5.16 Å². The van der Waals surface area contributed by atoms with Gasteiger partial charge in [0.05, 0.1) is 5.69 Å². The Morgan fingerprint density at radius 2 is 1.69 bits per heavy atom. The normalized spacial score (nSPS) is 12.5. The summed E-state index contributed by atoms with van der Waals surface area (Å²) in [5.41, 5.74) is -3.44. The molecule has 0 spiro atoms. The molecule has 168 valence electrons. The average molecular weight is 483 g/mol. The van der Waals surface area contributed by atoms with Crippen LogP contribution in [-0.4, -0.2) is 19.6 Å². The van der Waals surface area contributed by atoms with E-state index in [-0.39, 0.29) is 23.6 Å². The Morgan fingerprint density at radius 1 is 1.03 bits per heavy atom. The lowest BCUT2D eigenvalue weighted by molar-refractivity contribution is -0.0429. The highest BCUT2D eigenvalue weighted by Crippen LogP contribution is 2.29. The van der Waals surface area contributed by atoms with Gasteiger partial charge in [-0.1, -0.05) is 70.9 Å². The van der Waals surface area contributed by atoms with Crippen LogP contribution in [0.4, 0.5) is 18.9 Å². The van der Waals surface area contributed by atoms with E-state index in [4.69, 9.17) is 16.4 Å². The lowest BCUT2D eigenvalue weighted by atomic mass is 9.99. The Kier molecular flexibility index (Phi) is 7.10. The summed E-state index contributed by atoms with van der Waals surface area (Å²) >= 11 is 5.87. The molecule has 32 heavy (non-hydrogen) atoms. The molecule has 0 bridgehead atoms. The van der Waals surface area contributed by atoms with Crippen LogP contribution >= 0.6 is 11.6 Å². The molecule has 3 rings (SSSR count). The number of anilines is 1. The summed E-state index contributed by atoms with van der Waals surface area (Å²) < 4.78 is 63.9. The quantitative estimate of drug-likeness (QED) is 0.338. The fourth-order valence-corrected chi connectivity index (χ4v) is 3.46. The van der Waals surface area contributed by atoms with E-state index in [0.717, 1.165) is 5.56 Å². The van der Waals surface area contributed by atoms with Gasteiger partial charge in [0.15, 0.2) is 0 Å². The second-order valence-electron chi connectivity index (χ2n) is 6.81. The molecule has 0 atom stereocenters. The standard InChI is InChI=1S/C22H18ClF3N2O3S/c1-15-7-12-20(28-32(29,30)22(24,25)26)19(13-15)21(17-5-3-2-4-6-17)27-31-14-16-8-10-18(23)11-9-16/h2-13,28H,14H2,1H3/b27-21+. The molecule has 0 unspecified atom stereocenters. The van der Waals surface area contributed by atoms with Gasteiger partial charge in [0.1, 0.15) is 12.3 Å². The second kappa shape index (κ2) is 9.62. The minimum Gasteiger partial charge on any atom is -0.390 e. The van der Waals surface area contributed by atoms with Crippen LogP contribution in [0.1, 0.15) is 22.3 Å². The van der Waals surface area contributed by atoms with Crippen molar-refractivity contribution in [1.29, 1.82) is 0 Å². The first-order valence-corrected chi connectivity index (χ1v) is 11.1. The summed E-state index contributed by atoms with van der Waals surface area (Å²) in [6.07, 6.45) is 0. The van der Waals surface area contributed by atoms with Gasteiger partial charge in [0.2, 0.25) is 0 Å². The third-order valence-electron chi connectivity index (χ3n) is 4.33. The van der Waals surface area contributed by atoms with Crippen molar-refractivity contribution < 1.29 is 26.4 Å². The number of halogens is 4. The topological polar surface area (TPSA) is 67.8 Å². The maximum atomic E-state index is 13.0. The summed E-state index contributed by atoms with van der Waals surface area (Å²) in [4.78, 5) is 5.47. The van der Waals surface area contributed by atoms with Crippen molar-refractivity contribution in [1.82, 2.24) is 0 Å². The monoisotopic (exact) mass is 482 g/mol. The number of hydrogen-bond donors (Lipinski definition) is 1. The zero-order valence-corrected chi connectivity index (χ0v) is 18.3. The van der Waals surface area contributed by atoms with E-state index in [1.165, 1.54) is 18.2 Å². The van der Waals surface area contributed by atoms with Gasteiger partial charge in [-0.05, 0) is 36.8 Å². The molecule has 0 fully saturated rings. The van der Waals surface area contributed by atoms with Crippen LogP contribution in [0.25, 0.3) is 0 Å². The lowest BCUT2D eigenvalue weighted by Gasteiger charge is -2.16. The van der Waals surface area contributed by atoms with Crippen molar-refractivity contribution in [3.63, 3.8) is 0 Å². The molecule has 0 aliphatic rings. The Hall–Kier alpha value is -3.04. The van der Waals surface area contributed by atoms with Gasteiger partial charge in [-0.2, -0.15) is 21.6 Å². The Bertz CT molecular complexity index is 1210. The number of oxime groups is 1. The number of rotatable bonds is 7. The van der Waals surface area contributed by atoms with Crippen molar-refractivity contribution in [3.8, 4) is 0 Å². The second-order valence-corrected chi connectivity index (χ2v) is 8.92. The van der Waals surface area contributed by atoms with Crippen LogP contribution in [0, 0.1) is 6.92 Å². The summed E-state index contributed by atoms with van der Waals surface area (Å²) in [5, 5.41) is 4.70. The van der Waals surface area contributed by atoms with E-state index >= 15 is 0 Å². The van der Waals surface area contributed by atoms with E-state index in [0.29, 0.717) is 16.1 Å². The van der Waals surface area contributed by atoms with Gasteiger partial charge < -0.3 is 4.84 Å². The fourth-order valence-electron chi connectivity index (χ4n) is 2.75. The summed E-state index contributed by atoms with van der Waals surface area (Å²) in [6.45, 7) is 1.80.